The molecule has 1 N–H and O–H groups in total. The summed E-state index contributed by atoms with van der Waals surface area (Å²) in [5, 5.41) is 0. The number of aryl methyl sites for hydroxylation is 1. The molecule has 0 spiro atoms. The number of aromatic nitrogens is 1. The molecule has 194 valence electrons. The number of hydrogen-bond acceptors (Lipinski definition) is 0. The zero-order chi connectivity index (χ0) is 23.5. The molecular formula is C32H61N. The lowest BCUT2D eigenvalue weighted by molar-refractivity contribution is 0.515. The molecule has 1 heteroatoms. The van der Waals surface area contributed by atoms with Gasteiger partial charge in [0, 0.05) is 12.4 Å². The van der Waals surface area contributed by atoms with Crippen molar-refractivity contribution in [2.75, 3.05) is 0 Å². The van der Waals surface area contributed by atoms with Crippen LogP contribution in [-0.2, 0) is 6.42 Å². The quantitative estimate of drug-likeness (QED) is 0.126. The fraction of sp³-hybridized carbons (Fsp3) is 0.875. The number of nitrogens with one attached hydrogen (secondary N) is 1. The fourth-order valence-corrected chi connectivity index (χ4v) is 5.16. The lowest BCUT2D eigenvalue weighted by Crippen LogP contribution is -1.85. The van der Waals surface area contributed by atoms with Crippen LogP contribution in [0.1, 0.15) is 179 Å². The lowest BCUT2D eigenvalue weighted by Gasteiger charge is -2.04. The summed E-state index contributed by atoms with van der Waals surface area (Å²) in [6, 6.07) is 2.21. The third kappa shape index (κ3) is 22.8. The predicted octanol–water partition coefficient (Wildman–Crippen LogP) is 11.7. The van der Waals surface area contributed by atoms with Gasteiger partial charge in [0.2, 0.25) is 0 Å². The van der Waals surface area contributed by atoms with Crippen LogP contribution in [-0.4, -0.2) is 4.98 Å². The maximum atomic E-state index is 3.15. The summed E-state index contributed by atoms with van der Waals surface area (Å²) >= 11 is 0. The minimum absolute atomic E-state index is 1.25. The van der Waals surface area contributed by atoms with Crippen molar-refractivity contribution in [2.45, 2.75) is 180 Å². The zero-order valence-electron chi connectivity index (χ0n) is 22.8. The highest BCUT2D eigenvalue weighted by Crippen LogP contribution is 2.16. The van der Waals surface area contributed by atoms with Crippen LogP contribution in [0.25, 0.3) is 0 Å². The van der Waals surface area contributed by atoms with Crippen LogP contribution in [0.15, 0.2) is 18.5 Å². The van der Waals surface area contributed by atoms with Crippen molar-refractivity contribution in [2.24, 2.45) is 0 Å². The van der Waals surface area contributed by atoms with Gasteiger partial charge in [0.25, 0.3) is 0 Å². The van der Waals surface area contributed by atoms with Crippen LogP contribution in [0, 0.1) is 0 Å². The minimum atomic E-state index is 1.25. The first-order valence-corrected chi connectivity index (χ1v) is 15.5. The summed E-state index contributed by atoms with van der Waals surface area (Å²) in [6.07, 6.45) is 43.5. The molecule has 0 amide bonds. The number of H-pyrrole nitrogens is 1. The summed E-state index contributed by atoms with van der Waals surface area (Å²) in [6.45, 7) is 2.30. The van der Waals surface area contributed by atoms with Crippen molar-refractivity contribution in [3.63, 3.8) is 0 Å². The normalized spacial score (nSPS) is 11.4. The number of hydrogen-bond donors (Lipinski definition) is 1. The highest BCUT2D eigenvalue weighted by molar-refractivity contribution is 5.07. The van der Waals surface area contributed by atoms with Crippen LogP contribution in [0.4, 0.5) is 0 Å². The average Bonchev–Trinajstić information content (AvgIpc) is 3.35. The Hall–Kier alpha value is -0.720. The van der Waals surface area contributed by atoms with E-state index in [1.807, 2.05) is 6.20 Å². The standard InChI is InChI=1S/C32H61N/c1-2-3-4-5-6-7-8-9-10-11-12-13-14-15-16-17-18-19-20-21-22-23-24-25-26-27-28-32-29-30-33-31-32/h29-31,33H,2-28H2,1H3. The molecule has 1 nitrogen and oxygen atoms in total. The van der Waals surface area contributed by atoms with Crippen molar-refractivity contribution in [1.82, 2.24) is 4.98 Å². The molecule has 0 unspecified atom stereocenters. The van der Waals surface area contributed by atoms with Gasteiger partial charge in [-0.15, -0.1) is 0 Å². The molecule has 0 aliphatic heterocycles. The molecule has 1 rings (SSSR count). The third-order valence-corrected chi connectivity index (χ3v) is 7.48. The predicted molar refractivity (Wildman–Crippen MR) is 150 cm³/mol. The van der Waals surface area contributed by atoms with Crippen molar-refractivity contribution in [1.29, 1.82) is 0 Å². The van der Waals surface area contributed by atoms with E-state index in [0.717, 1.165) is 0 Å². The number of aromatic amines is 1. The molecular weight excluding hydrogens is 398 g/mol. The van der Waals surface area contributed by atoms with Gasteiger partial charge in [0.1, 0.15) is 0 Å². The summed E-state index contributed by atoms with van der Waals surface area (Å²) in [4.78, 5) is 3.15. The van der Waals surface area contributed by atoms with E-state index in [2.05, 4.69) is 24.2 Å². The van der Waals surface area contributed by atoms with Gasteiger partial charge < -0.3 is 4.98 Å². The Kier molecular flexibility index (Phi) is 23.8. The summed E-state index contributed by atoms with van der Waals surface area (Å²) in [5.41, 5.74) is 1.47. The van der Waals surface area contributed by atoms with E-state index in [4.69, 9.17) is 0 Å². The van der Waals surface area contributed by atoms with Gasteiger partial charge in [0.15, 0.2) is 0 Å². The largest absolute Gasteiger partial charge is 0.367 e. The smallest absolute Gasteiger partial charge is 0.00373 e. The van der Waals surface area contributed by atoms with E-state index in [9.17, 15) is 0 Å². The first kappa shape index (κ1) is 30.3. The lowest BCUT2D eigenvalue weighted by atomic mass is 10.0. The van der Waals surface area contributed by atoms with Gasteiger partial charge in [-0.2, -0.15) is 0 Å². The monoisotopic (exact) mass is 459 g/mol. The third-order valence-electron chi connectivity index (χ3n) is 7.48. The van der Waals surface area contributed by atoms with E-state index in [0.29, 0.717) is 0 Å². The molecule has 0 aliphatic carbocycles. The van der Waals surface area contributed by atoms with Crippen LogP contribution in [0.5, 0.6) is 0 Å². The van der Waals surface area contributed by atoms with Crippen LogP contribution < -0.4 is 0 Å². The SMILES string of the molecule is CCCCCCCCCCCCCCCCCCCCCCCCCCCCc1cc[nH]c1. The number of unbranched alkanes of at least 4 members (excludes halogenated alkanes) is 25. The maximum absolute atomic E-state index is 3.15. The van der Waals surface area contributed by atoms with Gasteiger partial charge in [-0.25, -0.2) is 0 Å². The first-order chi connectivity index (χ1) is 16.4. The van der Waals surface area contributed by atoms with Gasteiger partial charge in [0.05, 0.1) is 0 Å². The molecule has 0 radical (unpaired) electrons. The summed E-state index contributed by atoms with van der Waals surface area (Å²) in [7, 11) is 0. The molecule has 0 fully saturated rings. The summed E-state index contributed by atoms with van der Waals surface area (Å²) in [5.74, 6) is 0. The zero-order valence-corrected chi connectivity index (χ0v) is 22.8. The second-order valence-corrected chi connectivity index (χ2v) is 10.8. The Morgan fingerprint density at radius 3 is 1.00 bits per heavy atom. The molecule has 0 aromatic carbocycles. The molecule has 1 aromatic rings. The fourth-order valence-electron chi connectivity index (χ4n) is 5.16. The Balaban J connectivity index is 1.62. The Morgan fingerprint density at radius 2 is 0.727 bits per heavy atom. The van der Waals surface area contributed by atoms with Crippen molar-refractivity contribution < 1.29 is 0 Å². The van der Waals surface area contributed by atoms with Crippen molar-refractivity contribution in [3.8, 4) is 0 Å². The van der Waals surface area contributed by atoms with E-state index in [1.165, 1.54) is 179 Å². The second-order valence-electron chi connectivity index (χ2n) is 10.8. The van der Waals surface area contributed by atoms with E-state index in [1.54, 1.807) is 0 Å². The molecule has 0 atom stereocenters. The Bertz CT molecular complexity index is 449. The number of rotatable bonds is 27. The van der Waals surface area contributed by atoms with Crippen LogP contribution in [0.3, 0.4) is 0 Å². The van der Waals surface area contributed by atoms with Gasteiger partial charge >= 0.3 is 0 Å². The second kappa shape index (κ2) is 25.9. The van der Waals surface area contributed by atoms with Crippen molar-refractivity contribution in [3.05, 3.63) is 24.0 Å². The van der Waals surface area contributed by atoms with E-state index < -0.39 is 0 Å². The Morgan fingerprint density at radius 1 is 0.424 bits per heavy atom. The molecule has 0 aliphatic rings. The van der Waals surface area contributed by atoms with Crippen LogP contribution in [0.2, 0.25) is 0 Å². The molecule has 0 saturated carbocycles. The highest BCUT2D eigenvalue weighted by atomic mass is 14.6. The molecule has 0 saturated heterocycles. The minimum Gasteiger partial charge on any atom is -0.367 e. The van der Waals surface area contributed by atoms with Gasteiger partial charge in [-0.05, 0) is 24.5 Å². The van der Waals surface area contributed by atoms with Gasteiger partial charge in [-0.1, -0.05) is 167 Å². The van der Waals surface area contributed by atoms with Crippen LogP contribution >= 0.6 is 0 Å². The first-order valence-electron chi connectivity index (χ1n) is 15.5. The molecule has 1 heterocycles. The molecule has 33 heavy (non-hydrogen) atoms. The maximum Gasteiger partial charge on any atom is 0.00373 e. The van der Waals surface area contributed by atoms with Gasteiger partial charge in [-0.3, -0.25) is 0 Å². The summed E-state index contributed by atoms with van der Waals surface area (Å²) < 4.78 is 0. The molecule has 1 aromatic heterocycles. The molecule has 0 bridgehead atoms. The van der Waals surface area contributed by atoms with E-state index in [-0.39, 0.29) is 0 Å². The average molecular weight is 460 g/mol. The highest BCUT2D eigenvalue weighted by Gasteiger charge is 1.97. The Labute approximate surface area is 209 Å². The topological polar surface area (TPSA) is 15.8 Å². The van der Waals surface area contributed by atoms with Crippen molar-refractivity contribution >= 4 is 0 Å². The van der Waals surface area contributed by atoms with E-state index >= 15 is 0 Å².